The van der Waals surface area contributed by atoms with Crippen LogP contribution in [-0.2, 0) is 4.74 Å². The average molecular weight is 413 g/mol. The summed E-state index contributed by atoms with van der Waals surface area (Å²) in [4.78, 5) is 27.2. The van der Waals surface area contributed by atoms with E-state index in [1.807, 2.05) is 20.8 Å². The van der Waals surface area contributed by atoms with E-state index < -0.39 is 5.60 Å². The molecule has 0 spiro atoms. The molecule has 0 aromatic carbocycles. The van der Waals surface area contributed by atoms with Crippen molar-refractivity contribution in [3.05, 3.63) is 21.3 Å². The molecular formula is C20H29ClN2O3S. The fourth-order valence-electron chi connectivity index (χ4n) is 3.58. The molecule has 27 heavy (non-hydrogen) atoms. The van der Waals surface area contributed by atoms with Crippen LogP contribution in [0.4, 0.5) is 4.79 Å². The summed E-state index contributed by atoms with van der Waals surface area (Å²) in [7, 11) is 0. The largest absolute Gasteiger partial charge is 0.444 e. The summed E-state index contributed by atoms with van der Waals surface area (Å²) in [6.07, 6.45) is 5.06. The Hall–Kier alpha value is -1.27. The van der Waals surface area contributed by atoms with Crippen LogP contribution in [0.2, 0.25) is 4.34 Å². The second-order valence-corrected chi connectivity index (χ2v) is 10.4. The Morgan fingerprint density at radius 1 is 1.26 bits per heavy atom. The molecule has 1 atom stereocenters. The van der Waals surface area contributed by atoms with Gasteiger partial charge in [0.15, 0.2) is 0 Å². The van der Waals surface area contributed by atoms with E-state index in [1.54, 1.807) is 17.0 Å². The fourth-order valence-corrected chi connectivity index (χ4v) is 4.53. The molecule has 1 aliphatic carbocycles. The monoisotopic (exact) mass is 412 g/mol. The number of hydrogen-bond donors (Lipinski definition) is 1. The van der Waals surface area contributed by atoms with E-state index in [9.17, 15) is 9.59 Å². The number of carbonyl (C=O) groups excluding carboxylic acids is 2. The van der Waals surface area contributed by atoms with E-state index in [1.165, 1.54) is 24.2 Å². The van der Waals surface area contributed by atoms with Crippen molar-refractivity contribution in [2.75, 3.05) is 13.1 Å². The molecule has 1 aliphatic heterocycles. The molecule has 1 N–H and O–H groups in total. The Labute approximate surface area is 170 Å². The standard InChI is InChI=1S/C20H29ClN2O3S/c1-20(2,3)26-19(25)23-10-8-13(9-11-23)12-15(14-4-5-14)22-18(24)16-6-7-17(21)27-16/h6-7,13-15H,4-5,8-12H2,1-3H3,(H,22,24). The van der Waals surface area contributed by atoms with Crippen molar-refractivity contribution in [3.63, 3.8) is 0 Å². The molecule has 0 bridgehead atoms. The molecule has 2 fully saturated rings. The third kappa shape index (κ3) is 6.11. The highest BCUT2D eigenvalue weighted by atomic mass is 35.5. The number of likely N-dealkylation sites (tertiary alicyclic amines) is 1. The zero-order valence-electron chi connectivity index (χ0n) is 16.3. The molecule has 1 aromatic heterocycles. The van der Waals surface area contributed by atoms with Gasteiger partial charge >= 0.3 is 6.09 Å². The van der Waals surface area contributed by atoms with Crippen molar-refractivity contribution < 1.29 is 14.3 Å². The van der Waals surface area contributed by atoms with Gasteiger partial charge in [-0.1, -0.05) is 11.6 Å². The van der Waals surface area contributed by atoms with Crippen LogP contribution >= 0.6 is 22.9 Å². The summed E-state index contributed by atoms with van der Waals surface area (Å²) < 4.78 is 6.10. The van der Waals surface area contributed by atoms with E-state index in [0.29, 0.717) is 21.0 Å². The molecule has 1 saturated heterocycles. The highest BCUT2D eigenvalue weighted by Gasteiger charge is 2.35. The predicted molar refractivity (Wildman–Crippen MR) is 108 cm³/mol. The Morgan fingerprint density at radius 3 is 2.44 bits per heavy atom. The summed E-state index contributed by atoms with van der Waals surface area (Å²) in [5.74, 6) is 1.10. The molecule has 5 nitrogen and oxygen atoms in total. The first kappa shape index (κ1) is 20.5. The Balaban J connectivity index is 1.49. The normalized spacial score (nSPS) is 19.6. The molecule has 1 saturated carbocycles. The van der Waals surface area contributed by atoms with E-state index in [-0.39, 0.29) is 18.0 Å². The highest BCUT2D eigenvalue weighted by molar-refractivity contribution is 7.18. The summed E-state index contributed by atoms with van der Waals surface area (Å²) >= 11 is 7.27. The van der Waals surface area contributed by atoms with Crippen LogP contribution < -0.4 is 5.32 Å². The topological polar surface area (TPSA) is 58.6 Å². The van der Waals surface area contributed by atoms with Gasteiger partial charge in [0.25, 0.3) is 5.91 Å². The lowest BCUT2D eigenvalue weighted by Crippen LogP contribution is -2.43. The van der Waals surface area contributed by atoms with Crippen molar-refractivity contribution in [2.45, 2.75) is 64.5 Å². The molecule has 7 heteroatoms. The van der Waals surface area contributed by atoms with E-state index >= 15 is 0 Å². The predicted octanol–water partition coefficient (Wildman–Crippen LogP) is 4.95. The summed E-state index contributed by atoms with van der Waals surface area (Å²) in [6, 6.07) is 3.77. The first-order chi connectivity index (χ1) is 12.7. The first-order valence-corrected chi connectivity index (χ1v) is 10.9. The van der Waals surface area contributed by atoms with Gasteiger partial charge in [0.05, 0.1) is 9.21 Å². The van der Waals surface area contributed by atoms with Gasteiger partial charge in [0.2, 0.25) is 0 Å². The quantitative estimate of drug-likeness (QED) is 0.744. The molecule has 2 amide bonds. The number of hydrogen-bond acceptors (Lipinski definition) is 4. The Kier molecular flexibility index (Phi) is 6.36. The SMILES string of the molecule is CC(C)(C)OC(=O)N1CCC(CC(NC(=O)c2ccc(Cl)s2)C2CC2)CC1. The lowest BCUT2D eigenvalue weighted by atomic mass is 9.88. The van der Waals surface area contributed by atoms with Crippen LogP contribution in [0.3, 0.4) is 0 Å². The maximum absolute atomic E-state index is 12.5. The minimum atomic E-state index is -0.458. The smallest absolute Gasteiger partial charge is 0.410 e. The Morgan fingerprint density at radius 2 is 1.93 bits per heavy atom. The summed E-state index contributed by atoms with van der Waals surface area (Å²) in [5.41, 5.74) is -0.458. The number of halogens is 1. The maximum Gasteiger partial charge on any atom is 0.410 e. The molecule has 150 valence electrons. The molecule has 0 radical (unpaired) electrons. The van der Waals surface area contributed by atoms with Crippen LogP contribution in [0.1, 0.15) is 62.5 Å². The molecule has 2 aliphatic rings. The number of thiophene rings is 1. The third-order valence-electron chi connectivity index (χ3n) is 5.16. The number of piperidine rings is 1. The molecule has 1 unspecified atom stereocenters. The van der Waals surface area contributed by atoms with Crippen LogP contribution in [-0.4, -0.2) is 41.6 Å². The maximum atomic E-state index is 12.5. The van der Waals surface area contributed by atoms with Gasteiger partial charge in [-0.25, -0.2) is 4.79 Å². The lowest BCUT2D eigenvalue weighted by Gasteiger charge is -2.34. The van der Waals surface area contributed by atoms with Gasteiger partial charge in [-0.2, -0.15) is 0 Å². The molecule has 3 rings (SSSR count). The van der Waals surface area contributed by atoms with Crippen molar-refractivity contribution in [1.82, 2.24) is 10.2 Å². The van der Waals surface area contributed by atoms with Crippen LogP contribution in [0.15, 0.2) is 12.1 Å². The first-order valence-electron chi connectivity index (χ1n) is 9.75. The van der Waals surface area contributed by atoms with E-state index in [2.05, 4.69) is 5.32 Å². The number of nitrogens with zero attached hydrogens (tertiary/aromatic N) is 1. The van der Waals surface area contributed by atoms with Gasteiger partial charge in [0, 0.05) is 19.1 Å². The summed E-state index contributed by atoms with van der Waals surface area (Å²) in [5, 5.41) is 3.23. The molecular weight excluding hydrogens is 384 g/mol. The van der Waals surface area contributed by atoms with Crippen molar-refractivity contribution in [2.24, 2.45) is 11.8 Å². The van der Waals surface area contributed by atoms with Gasteiger partial charge in [-0.3, -0.25) is 4.79 Å². The highest BCUT2D eigenvalue weighted by Crippen LogP contribution is 2.37. The van der Waals surface area contributed by atoms with Crippen molar-refractivity contribution in [3.8, 4) is 0 Å². The zero-order valence-corrected chi connectivity index (χ0v) is 17.9. The minimum Gasteiger partial charge on any atom is -0.444 e. The average Bonchev–Trinajstić information content (AvgIpc) is 3.34. The van der Waals surface area contributed by atoms with Gasteiger partial charge in [-0.05, 0) is 76.8 Å². The second kappa shape index (κ2) is 8.39. The lowest BCUT2D eigenvalue weighted by molar-refractivity contribution is 0.0177. The summed E-state index contributed by atoms with van der Waals surface area (Å²) in [6.45, 7) is 7.13. The van der Waals surface area contributed by atoms with E-state index in [0.717, 1.165) is 32.4 Å². The zero-order chi connectivity index (χ0) is 19.6. The fraction of sp³-hybridized carbons (Fsp3) is 0.700. The second-order valence-electron chi connectivity index (χ2n) is 8.67. The third-order valence-corrected chi connectivity index (χ3v) is 6.39. The van der Waals surface area contributed by atoms with E-state index in [4.69, 9.17) is 16.3 Å². The number of ether oxygens (including phenoxy) is 1. The van der Waals surface area contributed by atoms with Crippen molar-refractivity contribution in [1.29, 1.82) is 0 Å². The number of nitrogens with one attached hydrogen (secondary N) is 1. The Bertz CT molecular complexity index is 673. The van der Waals surface area contributed by atoms with Crippen LogP contribution in [0.5, 0.6) is 0 Å². The number of amides is 2. The number of carbonyl (C=O) groups is 2. The minimum absolute atomic E-state index is 0.0185. The number of rotatable bonds is 5. The molecule has 2 heterocycles. The van der Waals surface area contributed by atoms with Gasteiger partial charge < -0.3 is 15.0 Å². The van der Waals surface area contributed by atoms with Gasteiger partial charge in [-0.15, -0.1) is 11.3 Å². The molecule has 1 aromatic rings. The van der Waals surface area contributed by atoms with Gasteiger partial charge in [0.1, 0.15) is 5.60 Å². The van der Waals surface area contributed by atoms with Crippen LogP contribution in [0, 0.1) is 11.8 Å². The van der Waals surface area contributed by atoms with Crippen molar-refractivity contribution >= 4 is 34.9 Å². The van der Waals surface area contributed by atoms with Crippen LogP contribution in [0.25, 0.3) is 0 Å².